The first-order valence-corrected chi connectivity index (χ1v) is 7.61. The Bertz CT molecular complexity index is 844. The van der Waals surface area contributed by atoms with Crippen LogP contribution in [-0.2, 0) is 9.53 Å². The van der Waals surface area contributed by atoms with E-state index in [2.05, 4.69) is 10.3 Å². The number of nitrogens with zero attached hydrogens (tertiary/aromatic N) is 2. The number of carbonyl (C=O) groups is 2. The van der Waals surface area contributed by atoms with Crippen LogP contribution in [0.15, 0.2) is 36.5 Å². The highest BCUT2D eigenvalue weighted by molar-refractivity contribution is 6.36. The van der Waals surface area contributed by atoms with E-state index >= 15 is 0 Å². The van der Waals surface area contributed by atoms with Crippen LogP contribution in [0.3, 0.4) is 0 Å². The van der Waals surface area contributed by atoms with Gasteiger partial charge in [-0.2, -0.15) is 0 Å². The first kappa shape index (κ1) is 18.6. The number of non-ortho nitro benzene ring substituents is 1. The van der Waals surface area contributed by atoms with Crippen molar-refractivity contribution < 1.29 is 19.2 Å². The number of nitro benzene ring substituents is 1. The molecule has 1 amide bonds. The minimum atomic E-state index is -1.18. The molecule has 1 atom stereocenters. The molecule has 0 saturated heterocycles. The summed E-state index contributed by atoms with van der Waals surface area (Å²) in [6.45, 7) is 1.34. The summed E-state index contributed by atoms with van der Waals surface area (Å²) in [6, 6.07) is 6.38. The molecular weight excluding hydrogens is 373 g/mol. The van der Waals surface area contributed by atoms with Crippen LogP contribution in [0.2, 0.25) is 10.0 Å². The van der Waals surface area contributed by atoms with Gasteiger partial charge in [0.2, 0.25) is 0 Å². The summed E-state index contributed by atoms with van der Waals surface area (Å²) in [5.41, 5.74) is -0.305. The van der Waals surface area contributed by atoms with Crippen molar-refractivity contribution in [2.45, 2.75) is 13.0 Å². The monoisotopic (exact) mass is 383 g/mol. The van der Waals surface area contributed by atoms with Crippen molar-refractivity contribution in [2.75, 3.05) is 5.32 Å². The lowest BCUT2D eigenvalue weighted by Crippen LogP contribution is -2.30. The molecule has 1 aromatic carbocycles. The maximum Gasteiger partial charge on any atom is 0.339 e. The van der Waals surface area contributed by atoms with Crippen molar-refractivity contribution >= 4 is 46.6 Å². The van der Waals surface area contributed by atoms with Crippen LogP contribution in [0.5, 0.6) is 0 Å². The summed E-state index contributed by atoms with van der Waals surface area (Å²) in [7, 11) is 0. The first-order chi connectivity index (χ1) is 11.8. The molecule has 0 aliphatic heterocycles. The van der Waals surface area contributed by atoms with Gasteiger partial charge in [0.15, 0.2) is 11.9 Å². The maximum absolute atomic E-state index is 12.1. The summed E-state index contributed by atoms with van der Waals surface area (Å²) < 4.78 is 5.00. The Labute approximate surface area is 151 Å². The van der Waals surface area contributed by atoms with Crippen LogP contribution in [0.25, 0.3) is 0 Å². The van der Waals surface area contributed by atoms with E-state index < -0.39 is 22.9 Å². The molecule has 8 nitrogen and oxygen atoms in total. The molecule has 130 valence electrons. The number of halogens is 2. The number of benzene rings is 1. The Morgan fingerprint density at radius 3 is 2.68 bits per heavy atom. The molecule has 2 aromatic rings. The van der Waals surface area contributed by atoms with Gasteiger partial charge in [0, 0.05) is 18.3 Å². The van der Waals surface area contributed by atoms with Gasteiger partial charge in [-0.05, 0) is 19.1 Å². The second kappa shape index (κ2) is 7.91. The summed E-state index contributed by atoms with van der Waals surface area (Å²) in [5, 5.41) is 13.5. The number of ether oxygens (including phenoxy) is 1. The molecule has 10 heteroatoms. The lowest BCUT2D eigenvalue weighted by atomic mass is 10.2. The fraction of sp³-hybridized carbons (Fsp3) is 0.133. The highest BCUT2D eigenvalue weighted by atomic mass is 35.5. The van der Waals surface area contributed by atoms with E-state index in [1.807, 2.05) is 0 Å². The zero-order valence-electron chi connectivity index (χ0n) is 12.7. The topological polar surface area (TPSA) is 111 Å². The van der Waals surface area contributed by atoms with E-state index in [0.717, 1.165) is 6.07 Å². The number of aromatic nitrogens is 1. The molecule has 0 aliphatic carbocycles. The smallest absolute Gasteiger partial charge is 0.339 e. The number of anilines is 1. The minimum Gasteiger partial charge on any atom is -0.449 e. The normalized spacial score (nSPS) is 11.5. The Hall–Kier alpha value is -2.71. The predicted octanol–water partition coefficient (Wildman–Crippen LogP) is 3.48. The molecule has 0 bridgehead atoms. The van der Waals surface area contributed by atoms with E-state index in [-0.39, 0.29) is 22.1 Å². The van der Waals surface area contributed by atoms with Crippen molar-refractivity contribution in [3.63, 3.8) is 0 Å². The van der Waals surface area contributed by atoms with Crippen LogP contribution >= 0.6 is 23.2 Å². The third-order valence-corrected chi connectivity index (χ3v) is 3.49. The molecular formula is C15H11Cl2N3O5. The molecule has 0 fully saturated rings. The van der Waals surface area contributed by atoms with Gasteiger partial charge in [-0.25, -0.2) is 9.78 Å². The summed E-state index contributed by atoms with van der Waals surface area (Å²) >= 11 is 11.6. The third kappa shape index (κ3) is 4.88. The molecule has 1 N–H and O–H groups in total. The Morgan fingerprint density at radius 2 is 2.04 bits per heavy atom. The average Bonchev–Trinajstić information content (AvgIpc) is 2.57. The van der Waals surface area contributed by atoms with E-state index in [1.54, 1.807) is 0 Å². The van der Waals surface area contributed by atoms with Gasteiger partial charge in [-0.3, -0.25) is 14.9 Å². The SMILES string of the molecule is C[C@H](OC(=O)c1cccc([N+](=O)[O-])c1)C(=O)Nc1ncc(Cl)cc1Cl. The van der Waals surface area contributed by atoms with Crippen molar-refractivity contribution in [1.82, 2.24) is 4.98 Å². The van der Waals surface area contributed by atoms with Crippen LogP contribution in [0.4, 0.5) is 11.5 Å². The van der Waals surface area contributed by atoms with E-state index in [0.29, 0.717) is 5.02 Å². The molecule has 0 saturated carbocycles. The number of nitro groups is 1. The lowest BCUT2D eigenvalue weighted by Gasteiger charge is -2.13. The predicted molar refractivity (Wildman–Crippen MR) is 90.9 cm³/mol. The minimum absolute atomic E-state index is 0.0449. The highest BCUT2D eigenvalue weighted by Gasteiger charge is 2.21. The first-order valence-electron chi connectivity index (χ1n) is 6.85. The zero-order valence-corrected chi connectivity index (χ0v) is 14.2. The zero-order chi connectivity index (χ0) is 18.6. The average molecular weight is 384 g/mol. The van der Waals surface area contributed by atoms with Gasteiger partial charge in [0.25, 0.3) is 11.6 Å². The summed E-state index contributed by atoms with van der Waals surface area (Å²) in [6.07, 6.45) is 0.114. The largest absolute Gasteiger partial charge is 0.449 e. The van der Waals surface area contributed by atoms with Crippen LogP contribution in [0.1, 0.15) is 17.3 Å². The summed E-state index contributed by atoms with van der Waals surface area (Å²) in [4.78, 5) is 38.0. The van der Waals surface area contributed by atoms with E-state index in [9.17, 15) is 19.7 Å². The number of rotatable bonds is 5. The molecule has 0 unspecified atom stereocenters. The molecule has 0 spiro atoms. The van der Waals surface area contributed by atoms with Crippen LogP contribution < -0.4 is 5.32 Å². The molecule has 0 radical (unpaired) electrons. The summed E-state index contributed by atoms with van der Waals surface area (Å²) in [5.74, 6) is -1.48. The maximum atomic E-state index is 12.1. The van der Waals surface area contributed by atoms with Crippen LogP contribution in [0, 0.1) is 10.1 Å². The number of nitrogens with one attached hydrogen (secondary N) is 1. The second-order valence-corrected chi connectivity index (χ2v) is 5.67. The van der Waals surface area contributed by atoms with E-state index in [1.165, 1.54) is 37.4 Å². The number of pyridine rings is 1. The molecule has 2 rings (SSSR count). The van der Waals surface area contributed by atoms with Gasteiger partial charge in [-0.15, -0.1) is 0 Å². The Morgan fingerprint density at radius 1 is 1.32 bits per heavy atom. The molecule has 0 aliphatic rings. The van der Waals surface area contributed by atoms with Crippen molar-refractivity contribution in [3.05, 3.63) is 62.3 Å². The molecule has 1 heterocycles. The van der Waals surface area contributed by atoms with Crippen molar-refractivity contribution in [2.24, 2.45) is 0 Å². The fourth-order valence-electron chi connectivity index (χ4n) is 1.75. The van der Waals surface area contributed by atoms with Crippen molar-refractivity contribution in [1.29, 1.82) is 0 Å². The standard InChI is InChI=1S/C15H11Cl2N3O5/c1-8(14(21)19-13-12(17)6-10(16)7-18-13)25-15(22)9-3-2-4-11(5-9)20(23)24/h2-8H,1H3,(H,18,19,21)/t8-/m0/s1. The van der Waals surface area contributed by atoms with E-state index in [4.69, 9.17) is 27.9 Å². The molecule has 1 aromatic heterocycles. The van der Waals surface area contributed by atoms with Gasteiger partial charge in [0.1, 0.15) is 0 Å². The third-order valence-electron chi connectivity index (χ3n) is 3.00. The number of amides is 1. The lowest BCUT2D eigenvalue weighted by molar-refractivity contribution is -0.384. The number of hydrogen-bond acceptors (Lipinski definition) is 6. The van der Waals surface area contributed by atoms with Gasteiger partial charge in [0.05, 0.1) is 20.5 Å². The highest BCUT2D eigenvalue weighted by Crippen LogP contribution is 2.23. The number of hydrogen-bond donors (Lipinski definition) is 1. The van der Waals surface area contributed by atoms with Crippen LogP contribution in [-0.4, -0.2) is 27.9 Å². The number of esters is 1. The van der Waals surface area contributed by atoms with Gasteiger partial charge < -0.3 is 10.1 Å². The Balaban J connectivity index is 2.04. The van der Waals surface area contributed by atoms with Crippen molar-refractivity contribution in [3.8, 4) is 0 Å². The Kier molecular flexibility index (Phi) is 5.89. The quantitative estimate of drug-likeness (QED) is 0.480. The number of carbonyl (C=O) groups excluding carboxylic acids is 2. The van der Waals surface area contributed by atoms with Gasteiger partial charge in [-0.1, -0.05) is 29.3 Å². The second-order valence-electron chi connectivity index (χ2n) is 4.83. The molecule has 25 heavy (non-hydrogen) atoms. The fourth-order valence-corrected chi connectivity index (χ4v) is 2.18. The van der Waals surface area contributed by atoms with Gasteiger partial charge >= 0.3 is 5.97 Å².